The van der Waals surface area contributed by atoms with Gasteiger partial charge in [0.2, 0.25) is 5.69 Å². The molecule has 6 rings (SSSR count). The maximum atomic E-state index is 16.1. The van der Waals surface area contributed by atoms with E-state index in [1.807, 2.05) is 43.3 Å². The van der Waals surface area contributed by atoms with Crippen LogP contribution in [0.15, 0.2) is 91.1 Å². The summed E-state index contributed by atoms with van der Waals surface area (Å²) in [5, 5.41) is 12.5. The third-order valence-electron chi connectivity index (χ3n) is 8.31. The zero-order valence-corrected chi connectivity index (χ0v) is 24.4. The van der Waals surface area contributed by atoms with Gasteiger partial charge in [-0.25, -0.2) is 8.96 Å². The van der Waals surface area contributed by atoms with E-state index < -0.39 is 39.1 Å². The summed E-state index contributed by atoms with van der Waals surface area (Å²) in [4.78, 5) is 0. The molecule has 2 heterocycles. The Morgan fingerprint density at radius 3 is 2.12 bits per heavy atom. The van der Waals surface area contributed by atoms with Gasteiger partial charge in [0.1, 0.15) is 20.9 Å². The number of benzene rings is 4. The van der Waals surface area contributed by atoms with Crippen molar-refractivity contribution >= 4 is 18.4 Å². The molecule has 1 aliphatic heterocycles. The molecule has 0 unspecified atom stereocenters. The minimum atomic E-state index is -3.32. The largest absolute Gasteiger partial charge is 0.215 e. The Balaban J connectivity index is 1.56. The first kappa shape index (κ1) is 19.7. The Morgan fingerprint density at radius 1 is 0.854 bits per heavy atom. The molecule has 4 aromatic carbocycles. The van der Waals surface area contributed by atoms with Crippen molar-refractivity contribution in [1.82, 2.24) is 0 Å². The van der Waals surface area contributed by atoms with Crippen LogP contribution in [0.3, 0.4) is 0 Å². The summed E-state index contributed by atoms with van der Waals surface area (Å²) >= 11 is 0. The highest BCUT2D eigenvalue weighted by atomic mass is 28.3. The van der Waals surface area contributed by atoms with Crippen LogP contribution in [-0.2, 0) is 7.05 Å². The topological polar surface area (TPSA) is 27.7 Å². The van der Waals surface area contributed by atoms with Crippen molar-refractivity contribution in [2.45, 2.75) is 39.6 Å². The Labute approximate surface area is 253 Å². The van der Waals surface area contributed by atoms with Crippen molar-refractivity contribution in [3.8, 4) is 50.7 Å². The number of fused-ring (bicyclic) bond motifs is 3. The van der Waals surface area contributed by atoms with Gasteiger partial charge < -0.3 is 0 Å². The second kappa shape index (κ2) is 9.94. The highest BCUT2D eigenvalue weighted by Crippen LogP contribution is 2.39. The average Bonchev–Trinajstić information content (AvgIpc) is 3.27. The first-order chi connectivity index (χ1) is 22.4. The normalized spacial score (nSPS) is 16.5. The summed E-state index contributed by atoms with van der Waals surface area (Å²) < 4.78 is 73.6. The molecule has 0 atom stereocenters. The van der Waals surface area contributed by atoms with E-state index in [-0.39, 0.29) is 0 Å². The monoisotopic (exact) mass is 560 g/mol. The molecule has 41 heavy (non-hydrogen) atoms. The molecule has 2 nitrogen and oxygen atoms in total. The van der Waals surface area contributed by atoms with Crippen LogP contribution in [-0.4, -0.2) is 8.07 Å². The lowest BCUT2D eigenvalue weighted by atomic mass is 9.92. The van der Waals surface area contributed by atoms with Gasteiger partial charge in [-0.3, -0.25) is 0 Å². The van der Waals surface area contributed by atoms with Gasteiger partial charge in [-0.1, -0.05) is 99.6 Å². The molecule has 0 aliphatic carbocycles. The third-order valence-corrected chi connectivity index (χ3v) is 11.8. The summed E-state index contributed by atoms with van der Waals surface area (Å²) in [5.41, 5.74) is 7.89. The van der Waals surface area contributed by atoms with Gasteiger partial charge in [-0.15, -0.1) is 0 Å². The van der Waals surface area contributed by atoms with Crippen molar-refractivity contribution in [3.63, 3.8) is 0 Å². The predicted octanol–water partition coefficient (Wildman–Crippen LogP) is 7.76. The van der Waals surface area contributed by atoms with Gasteiger partial charge in [-0.2, -0.15) is 5.26 Å². The highest BCUT2D eigenvalue weighted by molar-refractivity contribution is 7.05. The molecule has 5 aromatic rings. The molecule has 0 saturated carbocycles. The fraction of sp³-hybridized carbons (Fsp3) is 0.189. The van der Waals surface area contributed by atoms with Crippen LogP contribution >= 0.6 is 0 Å². The zero-order valence-electron chi connectivity index (χ0n) is 30.4. The number of hydrogen-bond acceptors (Lipinski definition) is 1. The zero-order chi connectivity index (χ0) is 35.0. The van der Waals surface area contributed by atoms with Crippen molar-refractivity contribution in [2.75, 3.05) is 0 Å². The first-order valence-corrected chi connectivity index (χ1v) is 16.5. The maximum Gasteiger partial charge on any atom is 0.215 e. The van der Waals surface area contributed by atoms with E-state index in [9.17, 15) is 5.26 Å². The lowest BCUT2D eigenvalue weighted by Crippen LogP contribution is -2.52. The van der Waals surface area contributed by atoms with Gasteiger partial charge in [0, 0.05) is 21.2 Å². The average molecular weight is 561 g/mol. The Kier molecular flexibility index (Phi) is 4.77. The smallest absolute Gasteiger partial charge is 0.206 e. The fourth-order valence-corrected chi connectivity index (χ4v) is 10.3. The lowest BCUT2D eigenvalue weighted by Gasteiger charge is -2.25. The predicted molar refractivity (Wildman–Crippen MR) is 170 cm³/mol. The van der Waals surface area contributed by atoms with E-state index in [0.717, 1.165) is 67.1 Å². The van der Waals surface area contributed by atoms with Crippen molar-refractivity contribution in [3.05, 3.63) is 114 Å². The maximum absolute atomic E-state index is 16.1. The van der Waals surface area contributed by atoms with E-state index in [1.54, 1.807) is 7.05 Å². The fourth-order valence-electron chi connectivity index (χ4n) is 6.42. The lowest BCUT2D eigenvalue weighted by molar-refractivity contribution is -0.661. The molecule has 0 N–H and O–H groups in total. The quantitative estimate of drug-likeness (QED) is 0.163. The van der Waals surface area contributed by atoms with Crippen LogP contribution < -0.4 is 14.9 Å². The minimum Gasteiger partial charge on any atom is -0.206 e. The number of nitrogens with zero attached hydrogens (tertiary/aromatic N) is 2. The van der Waals surface area contributed by atoms with E-state index in [2.05, 4.69) is 61.6 Å². The molecular weight excluding hydrogens is 520 g/mol. The molecular formula is C37H34FN2Si+. The molecule has 0 bridgehead atoms. The molecule has 0 saturated heterocycles. The van der Waals surface area contributed by atoms with Crippen molar-refractivity contribution in [1.29, 1.82) is 5.26 Å². The second-order valence-corrected chi connectivity index (χ2v) is 15.4. The van der Waals surface area contributed by atoms with Crippen LogP contribution in [0.25, 0.3) is 44.6 Å². The molecule has 4 heteroatoms. The van der Waals surface area contributed by atoms with Crippen LogP contribution in [0.2, 0.25) is 13.1 Å². The summed E-state index contributed by atoms with van der Waals surface area (Å²) in [6.45, 7) is -0.276. The number of aromatic nitrogens is 1. The van der Waals surface area contributed by atoms with E-state index in [4.69, 9.17) is 9.60 Å². The summed E-state index contributed by atoms with van der Waals surface area (Å²) in [7, 11) is -1.04. The van der Waals surface area contributed by atoms with Gasteiger partial charge >= 0.3 is 0 Å². The standard InChI is InChI=1S/C37H34FN2Si/c1-23(2)31-22-40(4)33(20-32(31)38)34-24(3)12-18-29-30-19-17-28(21-39)35(37(30)41(5,6)36(29)34)27-15-13-26(14-16-27)25-10-8-7-9-11-25/h7-20,22-23H,1-6H3/q+1/i1D3,2D3,23D. The number of aryl methyl sites for hydroxylation is 2. The molecule has 0 radical (unpaired) electrons. The van der Waals surface area contributed by atoms with E-state index in [1.165, 1.54) is 4.57 Å². The SMILES string of the molecule is [2H]C([2H])([2H])C([2H])(c1c[n+](C)c(-c2c(C)ccc3c2[Si](C)(C)c2c-3ccc(C#N)c2-c2ccc(-c3ccccc3)cc2)cc1F)C([2H])([2H])[2H]. The number of rotatable bonds is 4. The Morgan fingerprint density at radius 2 is 1.46 bits per heavy atom. The van der Waals surface area contributed by atoms with Gasteiger partial charge in [-0.05, 0) is 68.2 Å². The third kappa shape index (κ3) is 4.24. The highest BCUT2D eigenvalue weighted by Gasteiger charge is 2.44. The Hall–Kier alpha value is -4.33. The molecule has 202 valence electrons. The van der Waals surface area contributed by atoms with Gasteiger partial charge in [0.25, 0.3) is 0 Å². The molecule has 1 aliphatic rings. The van der Waals surface area contributed by atoms with E-state index in [0.29, 0.717) is 11.3 Å². The molecule has 0 fully saturated rings. The molecule has 0 spiro atoms. The van der Waals surface area contributed by atoms with Crippen LogP contribution in [0.4, 0.5) is 4.39 Å². The summed E-state index contributed by atoms with van der Waals surface area (Å²) in [6.07, 6.45) is 1.14. The summed E-state index contributed by atoms with van der Waals surface area (Å²) in [6, 6.07) is 29.7. The molecule has 1 aromatic heterocycles. The summed E-state index contributed by atoms with van der Waals surface area (Å²) in [5.74, 6) is -4.24. The number of pyridine rings is 1. The van der Waals surface area contributed by atoms with Crippen molar-refractivity contribution in [2.24, 2.45) is 7.05 Å². The van der Waals surface area contributed by atoms with Crippen LogP contribution in [0.1, 0.15) is 45.9 Å². The number of nitriles is 1. The van der Waals surface area contributed by atoms with Crippen LogP contribution in [0, 0.1) is 24.1 Å². The minimum absolute atomic E-state index is 0.437. The molecule has 0 amide bonds. The second-order valence-electron chi connectivity index (χ2n) is 11.2. The van der Waals surface area contributed by atoms with Crippen LogP contribution in [0.5, 0.6) is 0 Å². The van der Waals surface area contributed by atoms with Gasteiger partial charge in [0.15, 0.2) is 6.20 Å². The van der Waals surface area contributed by atoms with Gasteiger partial charge in [0.05, 0.1) is 17.2 Å². The van der Waals surface area contributed by atoms with Crippen molar-refractivity contribution < 1.29 is 18.6 Å². The number of hydrogen-bond donors (Lipinski definition) is 0. The van der Waals surface area contributed by atoms with E-state index >= 15 is 4.39 Å². The Bertz CT molecular complexity index is 2120. The first-order valence-electron chi connectivity index (χ1n) is 17.0. The number of halogens is 1.